The van der Waals surface area contributed by atoms with Crippen LogP contribution >= 0.6 is 47.8 Å². The van der Waals surface area contributed by atoms with Gasteiger partial charge in [0.05, 0.1) is 17.1 Å². The van der Waals surface area contributed by atoms with Crippen molar-refractivity contribution in [2.24, 2.45) is 0 Å². The molecule has 0 amide bonds. The molecule has 0 saturated carbocycles. The molecule has 63 heavy (non-hydrogen) atoms. The lowest BCUT2D eigenvalue weighted by atomic mass is 9.86. The van der Waals surface area contributed by atoms with Crippen molar-refractivity contribution in [2.45, 2.75) is 0 Å². The van der Waals surface area contributed by atoms with Gasteiger partial charge in [0.1, 0.15) is 0 Å². The number of pyridine rings is 3. The van der Waals surface area contributed by atoms with Gasteiger partial charge in [0.25, 0.3) is 0 Å². The van der Waals surface area contributed by atoms with Gasteiger partial charge in [0.15, 0.2) is 0 Å². The Labute approximate surface area is 392 Å². The minimum atomic E-state index is 0.924. The molecule has 300 valence electrons. The number of aromatic nitrogens is 3. The fourth-order valence-corrected chi connectivity index (χ4v) is 9.60. The first-order chi connectivity index (χ1) is 30.9. The zero-order valence-electron chi connectivity index (χ0n) is 33.8. The lowest BCUT2D eigenvalue weighted by Crippen LogP contribution is -1.93. The van der Waals surface area contributed by atoms with Gasteiger partial charge in [-0.3, -0.25) is 15.0 Å². The van der Waals surface area contributed by atoms with Crippen molar-refractivity contribution < 1.29 is 0 Å². The molecule has 10 aromatic rings. The molecule has 7 aromatic carbocycles. The van der Waals surface area contributed by atoms with Crippen LogP contribution in [0.5, 0.6) is 0 Å². The van der Waals surface area contributed by atoms with Crippen LogP contribution in [0.3, 0.4) is 0 Å². The molecular weight excluding hydrogens is 966 g/mol. The Morgan fingerprint density at radius 3 is 1.10 bits per heavy atom. The van der Waals surface area contributed by atoms with Crippen LogP contribution in [-0.2, 0) is 0 Å². The lowest BCUT2D eigenvalue weighted by molar-refractivity contribution is 1.32. The maximum Gasteiger partial charge on any atom is 0.0702 e. The standard InChI is InChI=1S/C57H36Br3N3/c58-45-13-9-11-37(32-45)56-26-23-40(35-62-56)47-15-1-3-17-49(47)42-29-43(50-18-4-2-16-48(50)41-24-27-57(63-36-41)38-12-10-14-46(59)33-38)31-44(30-42)51-19-5-6-20-52(51)53-25-22-39(34-54(53)60)55-21-7-8-28-61-55/h1-36H. The smallest absolute Gasteiger partial charge is 0.0702 e. The molecule has 0 N–H and O–H groups in total. The topological polar surface area (TPSA) is 38.7 Å². The third kappa shape index (κ3) is 8.63. The van der Waals surface area contributed by atoms with E-state index in [4.69, 9.17) is 9.97 Å². The predicted octanol–water partition coefficient (Wildman–Crippen LogP) is 17.2. The molecule has 3 nitrogen and oxygen atoms in total. The summed E-state index contributed by atoms with van der Waals surface area (Å²) in [6, 6.07) is 70.5. The van der Waals surface area contributed by atoms with E-state index in [1.165, 1.54) is 0 Å². The Bertz CT molecular complexity index is 3110. The summed E-state index contributed by atoms with van der Waals surface area (Å²) in [5, 5.41) is 0. The summed E-state index contributed by atoms with van der Waals surface area (Å²) in [7, 11) is 0. The Balaban J connectivity index is 1.12. The van der Waals surface area contributed by atoms with Crippen molar-refractivity contribution in [1.29, 1.82) is 0 Å². The maximum absolute atomic E-state index is 4.95. The molecule has 6 heteroatoms. The first kappa shape index (κ1) is 40.5. The van der Waals surface area contributed by atoms with E-state index in [2.05, 4.69) is 210 Å². The van der Waals surface area contributed by atoms with Crippen molar-refractivity contribution in [3.63, 3.8) is 0 Å². The lowest BCUT2D eigenvalue weighted by Gasteiger charge is -2.18. The second kappa shape index (κ2) is 18.0. The van der Waals surface area contributed by atoms with Crippen molar-refractivity contribution >= 4 is 47.8 Å². The molecule has 10 rings (SSSR count). The van der Waals surface area contributed by atoms with Gasteiger partial charge in [-0.05, 0) is 128 Å². The summed E-state index contributed by atoms with van der Waals surface area (Å²) in [6.07, 6.45) is 5.81. The minimum absolute atomic E-state index is 0.924. The van der Waals surface area contributed by atoms with E-state index in [-0.39, 0.29) is 0 Å². The monoisotopic (exact) mass is 999 g/mol. The van der Waals surface area contributed by atoms with E-state index >= 15 is 0 Å². The van der Waals surface area contributed by atoms with Gasteiger partial charge in [-0.2, -0.15) is 0 Å². The Morgan fingerprint density at radius 2 is 0.667 bits per heavy atom. The van der Waals surface area contributed by atoms with Crippen molar-refractivity contribution in [3.8, 4) is 101 Å². The molecule has 0 fully saturated rings. The Morgan fingerprint density at radius 1 is 0.254 bits per heavy atom. The number of hydrogen-bond acceptors (Lipinski definition) is 3. The minimum Gasteiger partial charge on any atom is -0.256 e. The van der Waals surface area contributed by atoms with Gasteiger partial charge >= 0.3 is 0 Å². The van der Waals surface area contributed by atoms with Gasteiger partial charge < -0.3 is 0 Å². The molecule has 0 radical (unpaired) electrons. The molecule has 0 spiro atoms. The molecule has 0 saturated heterocycles. The first-order valence-corrected chi connectivity index (χ1v) is 22.9. The largest absolute Gasteiger partial charge is 0.256 e. The average molecular weight is 1000 g/mol. The summed E-state index contributed by atoms with van der Waals surface area (Å²) in [4.78, 5) is 14.5. The van der Waals surface area contributed by atoms with Crippen LogP contribution in [0.25, 0.3) is 101 Å². The van der Waals surface area contributed by atoms with E-state index in [0.29, 0.717) is 0 Å². The fraction of sp³-hybridized carbons (Fsp3) is 0. The summed E-state index contributed by atoms with van der Waals surface area (Å²) < 4.78 is 3.05. The normalized spacial score (nSPS) is 11.1. The third-order valence-electron chi connectivity index (χ3n) is 11.3. The molecule has 0 unspecified atom stereocenters. The van der Waals surface area contributed by atoms with Crippen LogP contribution in [-0.4, -0.2) is 15.0 Å². The van der Waals surface area contributed by atoms with Gasteiger partial charge in [-0.15, -0.1) is 0 Å². The van der Waals surface area contributed by atoms with Crippen LogP contribution < -0.4 is 0 Å². The van der Waals surface area contributed by atoms with Gasteiger partial charge in [0.2, 0.25) is 0 Å². The van der Waals surface area contributed by atoms with E-state index < -0.39 is 0 Å². The van der Waals surface area contributed by atoms with Crippen molar-refractivity contribution in [1.82, 2.24) is 15.0 Å². The first-order valence-electron chi connectivity index (χ1n) is 20.5. The van der Waals surface area contributed by atoms with Gasteiger partial charge in [-0.1, -0.05) is 175 Å². The molecule has 0 aliphatic carbocycles. The number of hydrogen-bond donors (Lipinski definition) is 0. The fourth-order valence-electron chi connectivity index (χ4n) is 8.21. The molecule has 0 aliphatic heterocycles. The van der Waals surface area contributed by atoms with Crippen LogP contribution in [0.2, 0.25) is 0 Å². The number of benzene rings is 7. The number of rotatable bonds is 9. The zero-order valence-corrected chi connectivity index (χ0v) is 38.5. The summed E-state index contributed by atoms with van der Waals surface area (Å²) in [5.41, 5.74) is 19.2. The van der Waals surface area contributed by atoms with Crippen LogP contribution in [0.1, 0.15) is 0 Å². The Kier molecular flexibility index (Phi) is 11.6. The number of halogens is 3. The molecule has 3 aromatic heterocycles. The SMILES string of the molecule is Brc1cccc(-c2ccc(-c3ccccc3-c3cc(-c4ccccc4-c4ccc(-c5cccc(Br)c5)nc4)cc(-c4ccccc4-c4ccc(-c5ccccn5)cc4Br)c3)cn2)c1. The second-order valence-electron chi connectivity index (χ2n) is 15.2. The van der Waals surface area contributed by atoms with Crippen molar-refractivity contribution in [2.75, 3.05) is 0 Å². The maximum atomic E-state index is 4.95. The molecule has 0 atom stereocenters. The van der Waals surface area contributed by atoms with Gasteiger partial charge in [0, 0.05) is 59.8 Å². The molecule has 0 aliphatic rings. The van der Waals surface area contributed by atoms with Crippen LogP contribution in [0.15, 0.2) is 232 Å². The third-order valence-corrected chi connectivity index (χ3v) is 12.9. The van der Waals surface area contributed by atoms with E-state index in [9.17, 15) is 0 Å². The van der Waals surface area contributed by atoms with Gasteiger partial charge in [-0.25, -0.2) is 0 Å². The highest BCUT2D eigenvalue weighted by molar-refractivity contribution is 9.11. The zero-order chi connectivity index (χ0) is 42.7. The summed E-state index contributed by atoms with van der Waals surface area (Å²) in [6.45, 7) is 0. The van der Waals surface area contributed by atoms with Crippen LogP contribution in [0, 0.1) is 0 Å². The summed E-state index contributed by atoms with van der Waals surface area (Å²) >= 11 is 11.2. The predicted molar refractivity (Wildman–Crippen MR) is 272 cm³/mol. The highest BCUT2D eigenvalue weighted by Gasteiger charge is 2.18. The van der Waals surface area contributed by atoms with Crippen molar-refractivity contribution in [3.05, 3.63) is 232 Å². The Hall–Kier alpha value is -6.57. The van der Waals surface area contributed by atoms with E-state index in [1.54, 1.807) is 0 Å². The molecular formula is C57H36Br3N3. The second-order valence-corrected chi connectivity index (χ2v) is 17.9. The van der Waals surface area contributed by atoms with Crippen LogP contribution in [0.4, 0.5) is 0 Å². The number of nitrogens with zero attached hydrogens (tertiary/aromatic N) is 3. The molecule has 0 bridgehead atoms. The highest BCUT2D eigenvalue weighted by atomic mass is 79.9. The van der Waals surface area contributed by atoms with E-state index in [1.807, 2.05) is 61.1 Å². The average Bonchev–Trinajstić information content (AvgIpc) is 3.34. The quantitative estimate of drug-likeness (QED) is 0.145. The molecule has 3 heterocycles. The van der Waals surface area contributed by atoms with E-state index in [0.717, 1.165) is 114 Å². The highest BCUT2D eigenvalue weighted by Crippen LogP contribution is 2.44. The summed E-state index contributed by atoms with van der Waals surface area (Å²) in [5.74, 6) is 0.